The first kappa shape index (κ1) is 17.9. The minimum absolute atomic E-state index is 0.150. The first-order valence-corrected chi connectivity index (χ1v) is 8.68. The highest BCUT2D eigenvalue weighted by Gasteiger charge is 2.49. The van der Waals surface area contributed by atoms with Crippen LogP contribution in [0.3, 0.4) is 0 Å². The monoisotopic (exact) mass is 383 g/mol. The molecular weight excluding hydrogens is 371 g/mol. The molecule has 0 amide bonds. The maximum atomic E-state index is 12.7. The van der Waals surface area contributed by atoms with Gasteiger partial charge in [-0.3, -0.25) is 0 Å². The van der Waals surface area contributed by atoms with Gasteiger partial charge < -0.3 is 4.18 Å². The number of benzene rings is 2. The molecule has 1 heterocycles. The summed E-state index contributed by atoms with van der Waals surface area (Å²) in [5.41, 5.74) is -3.72. The van der Waals surface area contributed by atoms with E-state index in [2.05, 4.69) is 14.5 Å². The fraction of sp³-hybridized carbons (Fsp3) is 0.125. The van der Waals surface area contributed by atoms with Gasteiger partial charge in [0.05, 0.1) is 11.7 Å². The Balaban J connectivity index is 2.15. The van der Waals surface area contributed by atoms with Crippen molar-refractivity contribution in [3.05, 3.63) is 59.7 Å². The molecule has 0 spiro atoms. The normalized spacial score (nSPS) is 13.2. The van der Waals surface area contributed by atoms with Crippen LogP contribution in [-0.4, -0.2) is 28.9 Å². The standard InChI is InChI=1S/C16H12F3N3O3S/c1-11-5-4-6-12(9-11)15(25-26(23,24)16(17,18)19)10-22-14-8-3-2-7-13(14)20-21-22/h2-10H,1H3. The van der Waals surface area contributed by atoms with Gasteiger partial charge in [-0.1, -0.05) is 41.1 Å². The van der Waals surface area contributed by atoms with Gasteiger partial charge >= 0.3 is 15.6 Å². The minimum atomic E-state index is -5.84. The molecule has 2 aromatic carbocycles. The Labute approximate surface area is 146 Å². The summed E-state index contributed by atoms with van der Waals surface area (Å²) in [6.07, 6.45) is 1.05. The molecule has 3 aromatic rings. The smallest absolute Gasteiger partial charge is 0.374 e. The Morgan fingerprint density at radius 3 is 2.58 bits per heavy atom. The second-order valence-corrected chi connectivity index (χ2v) is 6.91. The quantitative estimate of drug-likeness (QED) is 0.391. The summed E-state index contributed by atoms with van der Waals surface area (Å²) in [5, 5.41) is 7.68. The molecule has 0 saturated heterocycles. The van der Waals surface area contributed by atoms with Gasteiger partial charge in [0, 0.05) is 5.56 Å². The zero-order valence-electron chi connectivity index (χ0n) is 13.3. The molecule has 26 heavy (non-hydrogen) atoms. The van der Waals surface area contributed by atoms with Crippen LogP contribution in [0.5, 0.6) is 0 Å². The van der Waals surface area contributed by atoms with Crippen molar-refractivity contribution in [2.45, 2.75) is 12.4 Å². The number of halogens is 3. The molecule has 0 aliphatic rings. The summed E-state index contributed by atoms with van der Waals surface area (Å²) in [7, 11) is -5.84. The van der Waals surface area contributed by atoms with Crippen LogP contribution in [0.2, 0.25) is 0 Å². The molecule has 136 valence electrons. The van der Waals surface area contributed by atoms with Gasteiger partial charge in [0.15, 0.2) is 5.76 Å². The summed E-state index contributed by atoms with van der Waals surface area (Å²) in [6.45, 7) is 1.71. The minimum Gasteiger partial charge on any atom is -0.374 e. The Morgan fingerprint density at radius 2 is 1.88 bits per heavy atom. The van der Waals surface area contributed by atoms with Gasteiger partial charge in [0.1, 0.15) is 5.52 Å². The zero-order chi connectivity index (χ0) is 18.9. The first-order chi connectivity index (χ1) is 12.2. The average Bonchev–Trinajstić information content (AvgIpc) is 2.96. The van der Waals surface area contributed by atoms with E-state index in [4.69, 9.17) is 0 Å². The number of fused-ring (bicyclic) bond motifs is 1. The Hall–Kier alpha value is -2.88. The van der Waals surface area contributed by atoms with E-state index >= 15 is 0 Å². The number of aromatic nitrogens is 3. The van der Waals surface area contributed by atoms with Crippen LogP contribution in [0.25, 0.3) is 23.0 Å². The van der Waals surface area contributed by atoms with E-state index in [0.717, 1.165) is 10.9 Å². The summed E-state index contributed by atoms with van der Waals surface area (Å²) in [4.78, 5) is 0. The third-order valence-corrected chi connectivity index (χ3v) is 4.37. The molecule has 0 atom stereocenters. The molecule has 10 heteroatoms. The molecule has 0 unspecified atom stereocenters. The molecule has 0 aliphatic heterocycles. The highest BCUT2D eigenvalue weighted by atomic mass is 32.2. The maximum absolute atomic E-state index is 12.7. The summed E-state index contributed by atoms with van der Waals surface area (Å²) >= 11 is 0. The van der Waals surface area contributed by atoms with Crippen LogP contribution in [0.4, 0.5) is 13.2 Å². The van der Waals surface area contributed by atoms with Crippen molar-refractivity contribution in [3.63, 3.8) is 0 Å². The lowest BCUT2D eigenvalue weighted by molar-refractivity contribution is -0.0509. The number of rotatable bonds is 4. The van der Waals surface area contributed by atoms with Crippen molar-refractivity contribution < 1.29 is 25.8 Å². The van der Waals surface area contributed by atoms with Crippen LogP contribution in [-0.2, 0) is 14.3 Å². The van der Waals surface area contributed by atoms with Crippen molar-refractivity contribution in [2.75, 3.05) is 0 Å². The number of hydrogen-bond acceptors (Lipinski definition) is 5. The summed E-state index contributed by atoms with van der Waals surface area (Å²) in [5.74, 6) is -0.526. The first-order valence-electron chi connectivity index (χ1n) is 7.27. The van der Waals surface area contributed by atoms with E-state index in [-0.39, 0.29) is 5.56 Å². The molecule has 0 saturated carbocycles. The molecule has 0 fully saturated rings. The van der Waals surface area contributed by atoms with E-state index in [9.17, 15) is 21.6 Å². The Kier molecular flexibility index (Phi) is 4.45. The van der Waals surface area contributed by atoms with Crippen molar-refractivity contribution in [1.29, 1.82) is 0 Å². The van der Waals surface area contributed by atoms with Crippen LogP contribution >= 0.6 is 0 Å². The molecular formula is C16H12F3N3O3S. The molecule has 0 N–H and O–H groups in total. The molecule has 0 radical (unpaired) electrons. The van der Waals surface area contributed by atoms with Gasteiger partial charge in [-0.2, -0.15) is 21.6 Å². The lowest BCUT2D eigenvalue weighted by Gasteiger charge is -2.13. The largest absolute Gasteiger partial charge is 0.534 e. The van der Waals surface area contributed by atoms with E-state index in [0.29, 0.717) is 16.6 Å². The topological polar surface area (TPSA) is 74.1 Å². The van der Waals surface area contributed by atoms with E-state index in [1.807, 2.05) is 0 Å². The summed E-state index contributed by atoms with van der Waals surface area (Å²) < 4.78 is 66.7. The van der Waals surface area contributed by atoms with Gasteiger partial charge in [-0.15, -0.1) is 5.10 Å². The Morgan fingerprint density at radius 1 is 1.15 bits per heavy atom. The third-order valence-electron chi connectivity index (χ3n) is 3.40. The second-order valence-electron chi connectivity index (χ2n) is 5.37. The number of nitrogens with zero attached hydrogens (tertiary/aromatic N) is 3. The van der Waals surface area contributed by atoms with Crippen molar-refractivity contribution in [3.8, 4) is 0 Å². The molecule has 0 bridgehead atoms. The number of para-hydroxylation sites is 1. The Bertz CT molecular complexity index is 1090. The highest BCUT2D eigenvalue weighted by Crippen LogP contribution is 2.30. The molecule has 3 rings (SSSR count). The third kappa shape index (κ3) is 3.54. The van der Waals surface area contributed by atoms with Gasteiger partial charge in [-0.25, -0.2) is 4.68 Å². The van der Waals surface area contributed by atoms with Crippen LogP contribution in [0.15, 0.2) is 48.5 Å². The zero-order valence-corrected chi connectivity index (χ0v) is 14.1. The summed E-state index contributed by atoms with van der Waals surface area (Å²) in [6, 6.07) is 12.9. The van der Waals surface area contributed by atoms with Crippen LogP contribution < -0.4 is 0 Å². The average molecular weight is 383 g/mol. The van der Waals surface area contributed by atoms with Gasteiger partial charge in [0.2, 0.25) is 0 Å². The lowest BCUT2D eigenvalue weighted by Crippen LogP contribution is -2.25. The van der Waals surface area contributed by atoms with Gasteiger partial charge in [0.25, 0.3) is 0 Å². The lowest BCUT2D eigenvalue weighted by atomic mass is 10.1. The van der Waals surface area contributed by atoms with E-state index < -0.39 is 21.4 Å². The fourth-order valence-electron chi connectivity index (χ4n) is 2.20. The van der Waals surface area contributed by atoms with Crippen LogP contribution in [0, 0.1) is 6.92 Å². The van der Waals surface area contributed by atoms with E-state index in [1.54, 1.807) is 43.3 Å². The number of alkyl halides is 3. The van der Waals surface area contributed by atoms with Crippen molar-refractivity contribution in [1.82, 2.24) is 15.0 Å². The predicted octanol–water partition coefficient (Wildman–Crippen LogP) is 3.56. The van der Waals surface area contributed by atoms with E-state index in [1.165, 1.54) is 12.1 Å². The predicted molar refractivity (Wildman–Crippen MR) is 88.9 cm³/mol. The van der Waals surface area contributed by atoms with Crippen molar-refractivity contribution >= 4 is 33.1 Å². The SMILES string of the molecule is Cc1cccc(C(=Cn2nnc3ccccc32)OS(=O)(=O)C(F)(F)F)c1. The van der Waals surface area contributed by atoms with Crippen LogP contribution in [0.1, 0.15) is 11.1 Å². The maximum Gasteiger partial charge on any atom is 0.534 e. The molecule has 0 aliphatic carbocycles. The number of aryl methyl sites for hydroxylation is 1. The number of hydrogen-bond donors (Lipinski definition) is 0. The fourth-order valence-corrected chi connectivity index (χ4v) is 2.67. The highest BCUT2D eigenvalue weighted by molar-refractivity contribution is 7.87. The second kappa shape index (κ2) is 6.45. The molecule has 1 aromatic heterocycles. The van der Waals surface area contributed by atoms with Gasteiger partial charge in [-0.05, 0) is 25.1 Å². The van der Waals surface area contributed by atoms with Crippen molar-refractivity contribution in [2.24, 2.45) is 0 Å². The molecule has 6 nitrogen and oxygen atoms in total.